The van der Waals surface area contributed by atoms with Gasteiger partial charge in [0.1, 0.15) is 0 Å². The summed E-state index contributed by atoms with van der Waals surface area (Å²) < 4.78 is 0. The maximum atomic E-state index is 9.28. The van der Waals surface area contributed by atoms with Crippen LogP contribution in [0.15, 0.2) is 4.99 Å². The summed E-state index contributed by atoms with van der Waals surface area (Å²) in [5.41, 5.74) is 0.122. The second-order valence-corrected chi connectivity index (χ2v) is 5.70. The molecule has 0 rings (SSSR count). The zero-order valence-corrected chi connectivity index (χ0v) is 14.7. The number of aliphatic hydroxyl groups excluding tert-OH is 1. The molecule has 0 aromatic rings. The van der Waals surface area contributed by atoms with Crippen LogP contribution in [0, 0.1) is 5.41 Å². The number of hydrogen-bond donors (Lipinski definition) is 3. The second-order valence-electron chi connectivity index (χ2n) is 5.70. The molecule has 0 saturated heterocycles. The highest BCUT2D eigenvalue weighted by Gasteiger charge is 2.25. The van der Waals surface area contributed by atoms with Gasteiger partial charge in [-0.3, -0.25) is 4.99 Å². The van der Waals surface area contributed by atoms with Crippen LogP contribution >= 0.6 is 0 Å². The average Bonchev–Trinajstić information content (AvgIpc) is 2.51. The molecule has 0 saturated carbocycles. The van der Waals surface area contributed by atoms with Gasteiger partial charge in [-0.05, 0) is 45.2 Å². The summed E-state index contributed by atoms with van der Waals surface area (Å²) in [6.07, 6.45) is 2.92. The Morgan fingerprint density at radius 3 is 2.29 bits per heavy atom. The first-order valence-corrected chi connectivity index (χ1v) is 8.39. The number of rotatable bonds is 11. The number of nitrogens with zero attached hydrogens (tertiary/aromatic N) is 2. The fourth-order valence-electron chi connectivity index (χ4n) is 2.26. The molecule has 0 aliphatic heterocycles. The molecule has 0 aliphatic carbocycles. The van der Waals surface area contributed by atoms with E-state index >= 15 is 0 Å². The van der Waals surface area contributed by atoms with Crippen LogP contribution in [-0.2, 0) is 0 Å². The van der Waals surface area contributed by atoms with Gasteiger partial charge in [0.15, 0.2) is 5.96 Å². The Hall–Kier alpha value is -0.810. The van der Waals surface area contributed by atoms with Gasteiger partial charge in [-0.1, -0.05) is 20.8 Å². The van der Waals surface area contributed by atoms with Crippen molar-refractivity contribution < 1.29 is 5.11 Å². The highest BCUT2D eigenvalue weighted by molar-refractivity contribution is 5.79. The third-order valence-corrected chi connectivity index (χ3v) is 4.38. The zero-order valence-electron chi connectivity index (χ0n) is 14.7. The lowest BCUT2D eigenvalue weighted by molar-refractivity contribution is 0.175. The second kappa shape index (κ2) is 11.8. The van der Waals surface area contributed by atoms with Gasteiger partial charge in [0, 0.05) is 32.8 Å². The van der Waals surface area contributed by atoms with Crippen LogP contribution in [0.1, 0.15) is 47.0 Å². The van der Waals surface area contributed by atoms with Crippen LogP contribution < -0.4 is 10.6 Å². The molecule has 0 aliphatic rings. The van der Waals surface area contributed by atoms with Crippen LogP contribution in [0.4, 0.5) is 0 Å². The van der Waals surface area contributed by atoms with Gasteiger partial charge >= 0.3 is 0 Å². The summed E-state index contributed by atoms with van der Waals surface area (Å²) in [6.45, 7) is 13.4. The number of guanidine groups is 1. The van der Waals surface area contributed by atoms with E-state index in [4.69, 9.17) is 4.99 Å². The summed E-state index contributed by atoms with van der Waals surface area (Å²) >= 11 is 0. The van der Waals surface area contributed by atoms with E-state index in [9.17, 15) is 5.11 Å². The molecule has 0 amide bonds. The van der Waals surface area contributed by atoms with Crippen molar-refractivity contribution in [3.8, 4) is 0 Å². The smallest absolute Gasteiger partial charge is 0.191 e. The van der Waals surface area contributed by atoms with Crippen molar-refractivity contribution in [1.29, 1.82) is 0 Å². The molecule has 5 heteroatoms. The number of nitrogens with one attached hydrogen (secondary N) is 2. The van der Waals surface area contributed by atoms with E-state index in [0.717, 1.165) is 57.9 Å². The van der Waals surface area contributed by atoms with Gasteiger partial charge in [0.05, 0.1) is 0 Å². The molecule has 0 bridgehead atoms. The fraction of sp³-hybridized carbons (Fsp3) is 0.938. The highest BCUT2D eigenvalue weighted by Crippen LogP contribution is 2.30. The average molecular weight is 300 g/mol. The van der Waals surface area contributed by atoms with Gasteiger partial charge < -0.3 is 20.6 Å². The number of hydrogen-bond acceptors (Lipinski definition) is 3. The molecule has 0 fully saturated rings. The maximum absolute atomic E-state index is 9.28. The molecule has 5 nitrogen and oxygen atoms in total. The molecule has 0 aromatic carbocycles. The summed E-state index contributed by atoms with van der Waals surface area (Å²) in [5, 5.41) is 16.0. The standard InChI is InChI=1S/C16H36N4O/c1-6-16(7-2,10-13-21)14-19-15(17-8-3)18-11-12-20(5)9-4/h21H,6-14H2,1-5H3,(H2,17,18,19). The minimum atomic E-state index is 0.122. The highest BCUT2D eigenvalue weighted by atomic mass is 16.3. The van der Waals surface area contributed by atoms with E-state index in [1.807, 2.05) is 0 Å². The zero-order chi connectivity index (χ0) is 16.1. The van der Waals surface area contributed by atoms with Crippen molar-refractivity contribution in [3.05, 3.63) is 0 Å². The lowest BCUT2D eigenvalue weighted by Crippen LogP contribution is -2.41. The normalized spacial score (nSPS) is 12.8. The van der Waals surface area contributed by atoms with Crippen molar-refractivity contribution in [2.24, 2.45) is 10.4 Å². The first-order chi connectivity index (χ1) is 10.1. The van der Waals surface area contributed by atoms with E-state index in [1.54, 1.807) is 0 Å². The Morgan fingerprint density at radius 1 is 1.14 bits per heavy atom. The third kappa shape index (κ3) is 8.27. The van der Waals surface area contributed by atoms with Crippen molar-refractivity contribution in [2.75, 3.05) is 46.4 Å². The molecule has 0 spiro atoms. The SMILES string of the molecule is CCNC(=NCC(CC)(CC)CCO)NCCN(C)CC. The molecule has 126 valence electrons. The molecule has 3 N–H and O–H groups in total. The number of aliphatic hydroxyl groups is 1. The summed E-state index contributed by atoms with van der Waals surface area (Å²) in [6, 6.07) is 0. The van der Waals surface area contributed by atoms with Crippen LogP contribution in [-0.4, -0.2) is 62.3 Å². The Bertz CT molecular complexity index is 277. The van der Waals surface area contributed by atoms with Gasteiger partial charge in [0.25, 0.3) is 0 Å². The van der Waals surface area contributed by atoms with E-state index in [1.165, 1.54) is 0 Å². The Kier molecular flexibility index (Phi) is 11.4. The molecular weight excluding hydrogens is 264 g/mol. The third-order valence-electron chi connectivity index (χ3n) is 4.38. The van der Waals surface area contributed by atoms with Gasteiger partial charge in [-0.2, -0.15) is 0 Å². The van der Waals surface area contributed by atoms with Crippen molar-refractivity contribution in [1.82, 2.24) is 15.5 Å². The minimum Gasteiger partial charge on any atom is -0.396 e. The molecular formula is C16H36N4O. The van der Waals surface area contributed by atoms with Gasteiger partial charge in [-0.15, -0.1) is 0 Å². The largest absolute Gasteiger partial charge is 0.396 e. The number of likely N-dealkylation sites (N-methyl/N-ethyl adjacent to an activating group) is 1. The summed E-state index contributed by atoms with van der Waals surface area (Å²) in [4.78, 5) is 7.00. The Labute approximate surface area is 131 Å². The predicted molar refractivity (Wildman–Crippen MR) is 91.9 cm³/mol. The molecule has 0 heterocycles. The summed E-state index contributed by atoms with van der Waals surface area (Å²) in [5.74, 6) is 0.881. The van der Waals surface area contributed by atoms with Crippen LogP contribution in [0.25, 0.3) is 0 Å². The topological polar surface area (TPSA) is 59.9 Å². The molecule has 21 heavy (non-hydrogen) atoms. The molecule has 0 radical (unpaired) electrons. The number of aliphatic imine (C=N–C) groups is 1. The van der Waals surface area contributed by atoms with Crippen LogP contribution in [0.2, 0.25) is 0 Å². The quantitative estimate of drug-likeness (QED) is 0.401. The summed E-state index contributed by atoms with van der Waals surface area (Å²) in [7, 11) is 2.12. The first kappa shape index (κ1) is 20.2. The van der Waals surface area contributed by atoms with Crippen molar-refractivity contribution in [3.63, 3.8) is 0 Å². The Balaban J connectivity index is 4.54. The monoisotopic (exact) mass is 300 g/mol. The van der Waals surface area contributed by atoms with E-state index < -0.39 is 0 Å². The van der Waals surface area contributed by atoms with Crippen molar-refractivity contribution >= 4 is 5.96 Å². The maximum Gasteiger partial charge on any atom is 0.191 e. The Morgan fingerprint density at radius 2 is 1.81 bits per heavy atom. The molecule has 0 unspecified atom stereocenters. The predicted octanol–water partition coefficient (Wildman–Crippen LogP) is 1.68. The van der Waals surface area contributed by atoms with Crippen molar-refractivity contribution in [2.45, 2.75) is 47.0 Å². The van der Waals surface area contributed by atoms with Gasteiger partial charge in [0.2, 0.25) is 0 Å². The lowest BCUT2D eigenvalue weighted by atomic mass is 9.79. The lowest BCUT2D eigenvalue weighted by Gasteiger charge is -2.29. The van der Waals surface area contributed by atoms with E-state index in [-0.39, 0.29) is 12.0 Å². The van der Waals surface area contributed by atoms with E-state index in [2.05, 4.69) is 50.3 Å². The first-order valence-electron chi connectivity index (χ1n) is 8.39. The minimum absolute atomic E-state index is 0.122. The molecule has 0 aromatic heterocycles. The van der Waals surface area contributed by atoms with E-state index in [0.29, 0.717) is 0 Å². The van der Waals surface area contributed by atoms with Crippen LogP contribution in [0.5, 0.6) is 0 Å². The van der Waals surface area contributed by atoms with Gasteiger partial charge in [-0.25, -0.2) is 0 Å². The molecule has 0 atom stereocenters. The van der Waals surface area contributed by atoms with Crippen LogP contribution in [0.3, 0.4) is 0 Å². The fourth-order valence-corrected chi connectivity index (χ4v) is 2.26.